The van der Waals surface area contributed by atoms with Crippen LogP contribution < -0.4 is 5.32 Å². The van der Waals surface area contributed by atoms with Crippen molar-refractivity contribution in [2.24, 2.45) is 0 Å². The van der Waals surface area contributed by atoms with Crippen molar-refractivity contribution in [1.82, 2.24) is 15.2 Å². The lowest BCUT2D eigenvalue weighted by atomic mass is 10.1. The third-order valence-electron chi connectivity index (χ3n) is 5.69. The molecule has 0 radical (unpaired) electrons. The molecule has 0 spiro atoms. The van der Waals surface area contributed by atoms with Crippen LogP contribution in [0.25, 0.3) is 22.6 Å². The fourth-order valence-electron chi connectivity index (χ4n) is 3.92. The molecule has 0 saturated heterocycles. The van der Waals surface area contributed by atoms with Crippen LogP contribution in [-0.2, 0) is 4.79 Å². The summed E-state index contributed by atoms with van der Waals surface area (Å²) in [4.78, 5) is 30.8. The van der Waals surface area contributed by atoms with Crippen molar-refractivity contribution in [3.63, 3.8) is 0 Å². The molecule has 2 aromatic carbocycles. The maximum absolute atomic E-state index is 12.9. The van der Waals surface area contributed by atoms with Gasteiger partial charge in [-0.25, -0.2) is 4.98 Å². The van der Waals surface area contributed by atoms with Crippen LogP contribution >= 0.6 is 11.6 Å². The Morgan fingerprint density at radius 2 is 1.97 bits per heavy atom. The molecule has 1 saturated carbocycles. The molecule has 30 heavy (non-hydrogen) atoms. The van der Waals surface area contributed by atoms with Crippen LogP contribution in [0.2, 0.25) is 5.02 Å². The normalized spacial score (nSPS) is 18.5. The predicted octanol–water partition coefficient (Wildman–Crippen LogP) is 4.67. The monoisotopic (exact) mass is 425 g/mol. The summed E-state index contributed by atoms with van der Waals surface area (Å²) in [6, 6.07) is 12.9. The number of hydrogen-bond donors (Lipinski definition) is 1. The van der Waals surface area contributed by atoms with E-state index in [1.807, 2.05) is 32.2 Å². The first-order valence-corrected chi connectivity index (χ1v) is 10.6. The van der Waals surface area contributed by atoms with Crippen LogP contribution in [-0.4, -0.2) is 40.8 Å². The molecule has 2 atom stereocenters. The number of benzene rings is 2. The van der Waals surface area contributed by atoms with E-state index in [-0.39, 0.29) is 23.9 Å². The molecule has 1 aromatic heterocycles. The topological polar surface area (TPSA) is 75.4 Å². The summed E-state index contributed by atoms with van der Waals surface area (Å²) < 4.78 is 5.79. The Bertz CT molecular complexity index is 1080. The minimum absolute atomic E-state index is 0.0293. The van der Waals surface area contributed by atoms with Crippen LogP contribution in [0.5, 0.6) is 0 Å². The second-order valence-electron chi connectivity index (χ2n) is 7.71. The predicted molar refractivity (Wildman–Crippen MR) is 116 cm³/mol. The standard InChI is InChI=1S/C23H24ClN3O3/c1-3-21(28)25-17-9-10-18(13-17)27(2)23(29)15-6-4-14(5-7-15)22-26-19-11-8-16(24)12-20(19)30-22/h4-8,11-12,17-18H,3,9-10,13H2,1-2H3,(H,25,28)/t17-,18+/m0/s1. The lowest BCUT2D eigenvalue weighted by Gasteiger charge is -2.25. The summed E-state index contributed by atoms with van der Waals surface area (Å²) in [5, 5.41) is 3.62. The van der Waals surface area contributed by atoms with Gasteiger partial charge in [0.1, 0.15) is 5.52 Å². The highest BCUT2D eigenvalue weighted by Gasteiger charge is 2.30. The van der Waals surface area contributed by atoms with Crippen molar-refractivity contribution in [2.45, 2.75) is 44.7 Å². The average molecular weight is 426 g/mol. The Morgan fingerprint density at radius 3 is 2.70 bits per heavy atom. The number of amides is 2. The van der Waals surface area contributed by atoms with E-state index < -0.39 is 0 Å². The zero-order valence-electron chi connectivity index (χ0n) is 17.0. The molecule has 0 unspecified atom stereocenters. The second kappa shape index (κ2) is 8.48. The zero-order chi connectivity index (χ0) is 21.3. The number of rotatable bonds is 5. The molecule has 7 heteroatoms. The molecule has 6 nitrogen and oxygen atoms in total. The Morgan fingerprint density at radius 1 is 1.20 bits per heavy atom. The highest BCUT2D eigenvalue weighted by Crippen LogP contribution is 2.28. The van der Waals surface area contributed by atoms with Crippen molar-refractivity contribution in [1.29, 1.82) is 0 Å². The zero-order valence-corrected chi connectivity index (χ0v) is 17.8. The van der Waals surface area contributed by atoms with E-state index in [4.69, 9.17) is 16.0 Å². The van der Waals surface area contributed by atoms with Gasteiger partial charge in [0.2, 0.25) is 11.8 Å². The summed E-state index contributed by atoms with van der Waals surface area (Å²) in [6.07, 6.45) is 3.06. The largest absolute Gasteiger partial charge is 0.436 e. The van der Waals surface area contributed by atoms with Gasteiger partial charge >= 0.3 is 0 Å². The number of hydrogen-bond acceptors (Lipinski definition) is 4. The van der Waals surface area contributed by atoms with Crippen molar-refractivity contribution in [3.05, 3.63) is 53.1 Å². The smallest absolute Gasteiger partial charge is 0.253 e. The first-order valence-electron chi connectivity index (χ1n) is 10.2. The fourth-order valence-corrected chi connectivity index (χ4v) is 4.08. The molecule has 1 N–H and O–H groups in total. The molecule has 1 aliphatic carbocycles. The first kappa shape index (κ1) is 20.4. The number of aromatic nitrogens is 1. The molecular formula is C23H24ClN3O3. The second-order valence-corrected chi connectivity index (χ2v) is 8.15. The van der Waals surface area contributed by atoms with Gasteiger partial charge < -0.3 is 14.6 Å². The van der Waals surface area contributed by atoms with Crippen LogP contribution in [0.1, 0.15) is 43.0 Å². The molecule has 1 aliphatic rings. The van der Waals surface area contributed by atoms with Gasteiger partial charge in [-0.2, -0.15) is 0 Å². The maximum atomic E-state index is 12.9. The van der Waals surface area contributed by atoms with E-state index in [9.17, 15) is 9.59 Å². The minimum Gasteiger partial charge on any atom is -0.436 e. The van der Waals surface area contributed by atoms with Gasteiger partial charge in [0, 0.05) is 47.8 Å². The van der Waals surface area contributed by atoms with Gasteiger partial charge in [-0.15, -0.1) is 0 Å². The van der Waals surface area contributed by atoms with Crippen LogP contribution in [0, 0.1) is 0 Å². The summed E-state index contributed by atoms with van der Waals surface area (Å²) in [6.45, 7) is 1.84. The van der Waals surface area contributed by atoms with Gasteiger partial charge in [-0.1, -0.05) is 18.5 Å². The van der Waals surface area contributed by atoms with E-state index in [1.54, 1.807) is 29.2 Å². The van der Waals surface area contributed by atoms with E-state index >= 15 is 0 Å². The summed E-state index contributed by atoms with van der Waals surface area (Å²) in [5.74, 6) is 0.523. The number of carbonyl (C=O) groups excluding carboxylic acids is 2. The van der Waals surface area contributed by atoms with Gasteiger partial charge in [0.05, 0.1) is 0 Å². The molecule has 0 bridgehead atoms. The lowest BCUT2D eigenvalue weighted by Crippen LogP contribution is -2.38. The molecule has 0 aliphatic heterocycles. The molecule has 3 aromatic rings. The van der Waals surface area contributed by atoms with Gasteiger partial charge in [0.15, 0.2) is 5.58 Å². The maximum Gasteiger partial charge on any atom is 0.253 e. The highest BCUT2D eigenvalue weighted by atomic mass is 35.5. The van der Waals surface area contributed by atoms with Gasteiger partial charge in [-0.3, -0.25) is 9.59 Å². The van der Waals surface area contributed by atoms with Crippen molar-refractivity contribution >= 4 is 34.5 Å². The quantitative estimate of drug-likeness (QED) is 0.644. The van der Waals surface area contributed by atoms with Gasteiger partial charge in [0.25, 0.3) is 5.91 Å². The van der Waals surface area contributed by atoms with E-state index in [0.717, 1.165) is 30.3 Å². The number of halogens is 1. The van der Waals surface area contributed by atoms with Crippen LogP contribution in [0.15, 0.2) is 46.9 Å². The first-order chi connectivity index (χ1) is 14.4. The Hall–Kier alpha value is -2.86. The highest BCUT2D eigenvalue weighted by molar-refractivity contribution is 6.31. The number of fused-ring (bicyclic) bond motifs is 1. The van der Waals surface area contributed by atoms with E-state index in [2.05, 4.69) is 10.3 Å². The number of nitrogens with zero attached hydrogens (tertiary/aromatic N) is 2. The lowest BCUT2D eigenvalue weighted by molar-refractivity contribution is -0.121. The SMILES string of the molecule is CCC(=O)N[C@H]1CC[C@@H](N(C)C(=O)c2ccc(-c3nc4ccc(Cl)cc4o3)cc2)C1. The minimum atomic E-state index is -0.0293. The summed E-state index contributed by atoms with van der Waals surface area (Å²) in [7, 11) is 1.83. The average Bonchev–Trinajstić information content (AvgIpc) is 3.39. The van der Waals surface area contributed by atoms with E-state index in [0.29, 0.717) is 28.5 Å². The molecule has 1 fully saturated rings. The Balaban J connectivity index is 1.44. The van der Waals surface area contributed by atoms with E-state index in [1.165, 1.54) is 0 Å². The van der Waals surface area contributed by atoms with Crippen molar-refractivity contribution < 1.29 is 14.0 Å². The molecular weight excluding hydrogens is 402 g/mol. The summed E-state index contributed by atoms with van der Waals surface area (Å²) >= 11 is 6.00. The Labute approximate surface area is 180 Å². The molecule has 2 amide bonds. The van der Waals surface area contributed by atoms with Crippen molar-refractivity contribution in [3.8, 4) is 11.5 Å². The van der Waals surface area contributed by atoms with Crippen LogP contribution in [0.4, 0.5) is 0 Å². The number of carbonyl (C=O) groups is 2. The fraction of sp³-hybridized carbons (Fsp3) is 0.348. The number of nitrogens with one attached hydrogen (secondary N) is 1. The number of oxazole rings is 1. The van der Waals surface area contributed by atoms with Crippen molar-refractivity contribution in [2.75, 3.05) is 7.05 Å². The molecule has 4 rings (SSSR count). The molecule has 1 heterocycles. The third-order valence-corrected chi connectivity index (χ3v) is 5.92. The molecule has 156 valence electrons. The Kier molecular flexibility index (Phi) is 5.77. The third kappa shape index (κ3) is 4.19. The van der Waals surface area contributed by atoms with Crippen LogP contribution in [0.3, 0.4) is 0 Å². The summed E-state index contributed by atoms with van der Waals surface area (Å²) in [5.41, 5.74) is 2.77. The van der Waals surface area contributed by atoms with Gasteiger partial charge in [-0.05, 0) is 55.7 Å².